The van der Waals surface area contributed by atoms with Crippen molar-refractivity contribution in [2.45, 2.75) is 13.3 Å². The number of nitrogens with one attached hydrogen (secondary N) is 1. The molecule has 1 N–H and O–H groups in total. The van der Waals surface area contributed by atoms with Crippen LogP contribution >= 0.6 is 0 Å². The summed E-state index contributed by atoms with van der Waals surface area (Å²) in [5.41, 5.74) is 0. The first kappa shape index (κ1) is 23.7. The summed E-state index contributed by atoms with van der Waals surface area (Å²) in [7, 11) is -3.38. The second-order valence-corrected chi connectivity index (χ2v) is 9.24. The highest BCUT2D eigenvalue weighted by Crippen LogP contribution is 2.17. The molecule has 174 valence electrons. The van der Waals surface area contributed by atoms with E-state index in [1.165, 1.54) is 4.31 Å². The number of carbonyl (C=O) groups is 1. The molecule has 0 bridgehead atoms. The van der Waals surface area contributed by atoms with Crippen molar-refractivity contribution in [1.29, 1.82) is 0 Å². The van der Waals surface area contributed by atoms with Gasteiger partial charge in [0.2, 0.25) is 16.0 Å². The van der Waals surface area contributed by atoms with E-state index in [1.807, 2.05) is 11.8 Å². The molecule has 3 rings (SSSR count). The highest BCUT2D eigenvalue weighted by atomic mass is 32.2. The van der Waals surface area contributed by atoms with Crippen LogP contribution < -0.4 is 19.7 Å². The van der Waals surface area contributed by atoms with E-state index in [-0.39, 0.29) is 24.8 Å². The molecule has 1 saturated heterocycles. The maximum Gasteiger partial charge on any atom is 0.257 e. The van der Waals surface area contributed by atoms with Crippen LogP contribution in [0.5, 0.6) is 11.5 Å². The number of rotatable bonds is 11. The normalized spacial score (nSPS) is 14.7. The summed E-state index contributed by atoms with van der Waals surface area (Å²) in [5, 5.41) is 2.69. The van der Waals surface area contributed by atoms with Gasteiger partial charge in [-0.05, 0) is 43.7 Å². The van der Waals surface area contributed by atoms with Crippen LogP contribution in [-0.2, 0) is 14.8 Å². The molecule has 0 unspecified atom stereocenters. The fourth-order valence-corrected chi connectivity index (χ4v) is 4.72. The fourth-order valence-electron chi connectivity index (χ4n) is 3.23. The lowest BCUT2D eigenvalue weighted by Crippen LogP contribution is -2.50. The van der Waals surface area contributed by atoms with E-state index < -0.39 is 10.0 Å². The Kier molecular flexibility index (Phi) is 8.63. The van der Waals surface area contributed by atoms with Crippen LogP contribution in [0.1, 0.15) is 13.3 Å². The van der Waals surface area contributed by atoms with Crippen molar-refractivity contribution in [1.82, 2.24) is 19.6 Å². The molecule has 32 heavy (non-hydrogen) atoms. The molecule has 1 fully saturated rings. The maximum atomic E-state index is 12.6. The number of hydrogen-bond donors (Lipinski definition) is 1. The van der Waals surface area contributed by atoms with Crippen LogP contribution in [0, 0.1) is 0 Å². The minimum absolute atomic E-state index is 0.0190. The highest BCUT2D eigenvalue weighted by molar-refractivity contribution is 7.89. The molecule has 1 aromatic carbocycles. The Balaban J connectivity index is 1.32. The quantitative estimate of drug-likeness (QED) is 0.489. The van der Waals surface area contributed by atoms with Gasteiger partial charge in [-0.25, -0.2) is 18.4 Å². The van der Waals surface area contributed by atoms with Crippen molar-refractivity contribution in [2.75, 3.05) is 56.6 Å². The van der Waals surface area contributed by atoms with Crippen LogP contribution in [0.25, 0.3) is 0 Å². The Labute approximate surface area is 188 Å². The van der Waals surface area contributed by atoms with Gasteiger partial charge in [-0.15, -0.1) is 0 Å². The number of ether oxygens (including phenoxy) is 2. The number of sulfonamides is 1. The third kappa shape index (κ3) is 7.06. The van der Waals surface area contributed by atoms with Gasteiger partial charge in [0.25, 0.3) is 5.91 Å². The van der Waals surface area contributed by atoms with Gasteiger partial charge >= 0.3 is 0 Å². The van der Waals surface area contributed by atoms with Gasteiger partial charge in [0, 0.05) is 45.1 Å². The van der Waals surface area contributed by atoms with E-state index in [0.29, 0.717) is 50.9 Å². The first-order valence-corrected chi connectivity index (χ1v) is 12.2. The Morgan fingerprint density at radius 2 is 1.66 bits per heavy atom. The van der Waals surface area contributed by atoms with Crippen molar-refractivity contribution in [3.63, 3.8) is 0 Å². The summed E-state index contributed by atoms with van der Waals surface area (Å²) in [6.45, 7) is 4.49. The molecule has 1 aliphatic heterocycles. The Morgan fingerprint density at radius 1 is 1.03 bits per heavy atom. The molecule has 1 aromatic heterocycles. The zero-order valence-corrected chi connectivity index (χ0v) is 19.0. The average Bonchev–Trinajstić information content (AvgIpc) is 2.82. The topological polar surface area (TPSA) is 114 Å². The number of aromatic nitrogens is 2. The first-order chi connectivity index (χ1) is 15.5. The summed E-state index contributed by atoms with van der Waals surface area (Å²) in [6.07, 6.45) is 3.67. The Hall–Kier alpha value is -2.92. The van der Waals surface area contributed by atoms with E-state index in [0.717, 1.165) is 5.75 Å². The molecule has 2 aromatic rings. The van der Waals surface area contributed by atoms with Crippen LogP contribution in [0.15, 0.2) is 42.7 Å². The second kappa shape index (κ2) is 11.6. The second-order valence-electron chi connectivity index (χ2n) is 7.15. The van der Waals surface area contributed by atoms with Crippen LogP contribution in [0.2, 0.25) is 0 Å². The van der Waals surface area contributed by atoms with E-state index >= 15 is 0 Å². The maximum absolute atomic E-state index is 12.6. The molecular formula is C21H29N5O5S. The summed E-state index contributed by atoms with van der Waals surface area (Å²) in [6, 6.07) is 8.75. The lowest BCUT2D eigenvalue weighted by atomic mass is 10.3. The van der Waals surface area contributed by atoms with Crippen LogP contribution in [0.3, 0.4) is 0 Å². The number of amides is 1. The van der Waals surface area contributed by atoms with Gasteiger partial charge in [0.1, 0.15) is 11.5 Å². The predicted molar refractivity (Wildman–Crippen MR) is 120 cm³/mol. The van der Waals surface area contributed by atoms with Gasteiger partial charge < -0.3 is 19.7 Å². The molecule has 0 saturated carbocycles. The van der Waals surface area contributed by atoms with Crippen molar-refractivity contribution in [2.24, 2.45) is 0 Å². The number of nitrogens with zero attached hydrogens (tertiary/aromatic N) is 4. The van der Waals surface area contributed by atoms with Gasteiger partial charge in [-0.1, -0.05) is 0 Å². The van der Waals surface area contributed by atoms with Gasteiger partial charge in [-0.2, -0.15) is 4.31 Å². The first-order valence-electron chi connectivity index (χ1n) is 10.6. The Bertz CT molecular complexity index is 948. The fraction of sp³-hybridized carbons (Fsp3) is 0.476. The van der Waals surface area contributed by atoms with E-state index in [9.17, 15) is 13.2 Å². The lowest BCUT2D eigenvalue weighted by molar-refractivity contribution is -0.123. The van der Waals surface area contributed by atoms with Crippen molar-refractivity contribution >= 4 is 21.9 Å². The largest absolute Gasteiger partial charge is 0.494 e. The van der Waals surface area contributed by atoms with Crippen molar-refractivity contribution < 1.29 is 22.7 Å². The lowest BCUT2D eigenvalue weighted by Gasteiger charge is -2.33. The van der Waals surface area contributed by atoms with Crippen molar-refractivity contribution in [3.8, 4) is 11.5 Å². The number of piperazine rings is 1. The smallest absolute Gasteiger partial charge is 0.257 e. The van der Waals surface area contributed by atoms with Gasteiger partial charge in [0.05, 0.1) is 12.4 Å². The standard InChI is InChI=1S/C21H29N5O5S/c1-2-30-18-5-7-19(8-6-18)31-17-20(27)22-11-4-16-32(28,29)26-14-12-25(13-15-26)21-23-9-3-10-24-21/h3,5-10H,2,4,11-17H2,1H3,(H,22,27). The molecule has 2 heterocycles. The third-order valence-corrected chi connectivity index (χ3v) is 6.83. The van der Waals surface area contributed by atoms with E-state index in [2.05, 4.69) is 15.3 Å². The molecule has 0 aliphatic carbocycles. The molecule has 1 aliphatic rings. The van der Waals surface area contributed by atoms with E-state index in [1.54, 1.807) is 42.7 Å². The van der Waals surface area contributed by atoms with Gasteiger partial charge in [0.15, 0.2) is 6.61 Å². The SMILES string of the molecule is CCOc1ccc(OCC(=O)NCCCS(=O)(=O)N2CCN(c3ncccn3)CC2)cc1. The third-order valence-electron chi connectivity index (χ3n) is 4.87. The number of anilines is 1. The number of benzene rings is 1. The monoisotopic (exact) mass is 463 g/mol. The summed E-state index contributed by atoms with van der Waals surface area (Å²) >= 11 is 0. The summed E-state index contributed by atoms with van der Waals surface area (Å²) in [5.74, 6) is 1.59. The van der Waals surface area contributed by atoms with Crippen LogP contribution in [0.4, 0.5) is 5.95 Å². The molecule has 0 spiro atoms. The van der Waals surface area contributed by atoms with Crippen LogP contribution in [-0.4, -0.2) is 80.3 Å². The minimum Gasteiger partial charge on any atom is -0.494 e. The zero-order valence-electron chi connectivity index (χ0n) is 18.1. The zero-order chi connectivity index (χ0) is 22.8. The van der Waals surface area contributed by atoms with Gasteiger partial charge in [-0.3, -0.25) is 4.79 Å². The summed E-state index contributed by atoms with van der Waals surface area (Å²) < 4.78 is 37.4. The highest BCUT2D eigenvalue weighted by Gasteiger charge is 2.27. The molecule has 11 heteroatoms. The van der Waals surface area contributed by atoms with Crippen molar-refractivity contribution in [3.05, 3.63) is 42.7 Å². The molecule has 10 nitrogen and oxygen atoms in total. The number of carbonyl (C=O) groups excluding carboxylic acids is 1. The predicted octanol–water partition coefficient (Wildman–Crippen LogP) is 0.912. The molecule has 1 amide bonds. The number of hydrogen-bond acceptors (Lipinski definition) is 8. The molecule has 0 atom stereocenters. The minimum atomic E-state index is -3.38. The summed E-state index contributed by atoms with van der Waals surface area (Å²) in [4.78, 5) is 22.3. The average molecular weight is 464 g/mol. The molecule has 0 radical (unpaired) electrons. The Morgan fingerprint density at radius 3 is 2.28 bits per heavy atom. The van der Waals surface area contributed by atoms with E-state index in [4.69, 9.17) is 9.47 Å². The molecular weight excluding hydrogens is 434 g/mol.